The van der Waals surface area contributed by atoms with Gasteiger partial charge >= 0.3 is 0 Å². The predicted molar refractivity (Wildman–Crippen MR) is 156 cm³/mol. The number of hydrogen-bond acceptors (Lipinski definition) is 8. The SMILES string of the molecule is CNC(=O)[C@@H]1CCCN1C[C@@H]1CCCN1C(=O)CN1CCC[C@H](NS(=O)(=O)c2ccc(-c3ccc(Cl)s3)s2)C1=O. The summed E-state index contributed by atoms with van der Waals surface area (Å²) in [6.07, 6.45) is 4.48. The molecule has 3 atom stereocenters. The van der Waals surface area contributed by atoms with Gasteiger partial charge in [0.15, 0.2) is 0 Å². The van der Waals surface area contributed by atoms with Gasteiger partial charge in [-0.2, -0.15) is 4.72 Å². The summed E-state index contributed by atoms with van der Waals surface area (Å²) in [6.45, 7) is 2.43. The van der Waals surface area contributed by atoms with E-state index in [1.54, 1.807) is 19.2 Å². The fourth-order valence-corrected chi connectivity index (χ4v) is 9.56. The molecule has 3 aliphatic rings. The molecule has 0 unspecified atom stereocenters. The average molecular weight is 628 g/mol. The van der Waals surface area contributed by atoms with Crippen LogP contribution in [0, 0.1) is 0 Å². The molecule has 2 aromatic rings. The first-order valence-electron chi connectivity index (χ1n) is 13.6. The molecule has 2 aromatic heterocycles. The minimum atomic E-state index is -3.92. The van der Waals surface area contributed by atoms with Crippen molar-refractivity contribution >= 4 is 62.0 Å². The summed E-state index contributed by atoms with van der Waals surface area (Å²) in [4.78, 5) is 46.1. The lowest BCUT2D eigenvalue weighted by atomic mass is 10.1. The van der Waals surface area contributed by atoms with Crippen LogP contribution in [0.4, 0.5) is 0 Å². The topological polar surface area (TPSA) is 119 Å². The smallest absolute Gasteiger partial charge is 0.250 e. The second-order valence-corrected chi connectivity index (χ2v) is 15.2. The molecular formula is C26H34ClN5O5S3. The molecule has 0 saturated carbocycles. The van der Waals surface area contributed by atoms with Crippen LogP contribution in [0.2, 0.25) is 4.34 Å². The van der Waals surface area contributed by atoms with E-state index in [2.05, 4.69) is 14.9 Å². The summed E-state index contributed by atoms with van der Waals surface area (Å²) in [5, 5.41) is 2.74. The van der Waals surface area contributed by atoms with E-state index in [1.165, 1.54) is 22.3 Å². The fourth-order valence-electron chi connectivity index (χ4n) is 5.88. The molecule has 218 valence electrons. The molecule has 3 fully saturated rings. The highest BCUT2D eigenvalue weighted by Crippen LogP contribution is 2.37. The number of hydrogen-bond donors (Lipinski definition) is 2. The Labute approximate surface area is 247 Å². The van der Waals surface area contributed by atoms with Crippen molar-refractivity contribution < 1.29 is 22.8 Å². The number of piperidine rings is 1. The zero-order valence-electron chi connectivity index (χ0n) is 22.3. The van der Waals surface area contributed by atoms with Gasteiger partial charge in [-0.1, -0.05) is 11.6 Å². The maximum absolute atomic E-state index is 13.4. The molecule has 40 heavy (non-hydrogen) atoms. The molecule has 3 aliphatic heterocycles. The third kappa shape index (κ3) is 6.39. The number of nitrogens with one attached hydrogen (secondary N) is 2. The first kappa shape index (κ1) is 29.5. The van der Waals surface area contributed by atoms with Gasteiger partial charge in [0.2, 0.25) is 17.7 Å². The molecule has 0 spiro atoms. The lowest BCUT2D eigenvalue weighted by Crippen LogP contribution is -2.55. The van der Waals surface area contributed by atoms with Gasteiger partial charge in [-0.15, -0.1) is 22.7 Å². The number of thiophene rings is 2. The normalized spacial score (nSPS) is 24.1. The van der Waals surface area contributed by atoms with Gasteiger partial charge in [-0.25, -0.2) is 8.42 Å². The number of likely N-dealkylation sites (N-methyl/N-ethyl adjacent to an activating group) is 1. The molecule has 0 bridgehead atoms. The van der Waals surface area contributed by atoms with Crippen LogP contribution in [0.15, 0.2) is 28.5 Å². The standard InChI is InChI=1S/C26H34ClN5O5S3/c1-28-25(34)19-7-4-12-30(19)15-17-5-2-14-32(17)23(33)16-31-13-3-6-18(26(31)35)29-40(36,37)24-11-9-21(39-24)20-8-10-22(27)38-20/h8-11,17-19,29H,2-7,12-16H2,1H3,(H,28,34)/t17-,18-,19-/m0/s1. The van der Waals surface area contributed by atoms with Crippen LogP contribution in [0.25, 0.3) is 9.75 Å². The van der Waals surface area contributed by atoms with Crippen LogP contribution in [0.3, 0.4) is 0 Å². The second kappa shape index (κ2) is 12.5. The Bertz CT molecular complexity index is 1360. The predicted octanol–water partition coefficient (Wildman–Crippen LogP) is 2.60. The van der Waals surface area contributed by atoms with Crippen molar-refractivity contribution in [1.29, 1.82) is 0 Å². The first-order chi connectivity index (χ1) is 19.2. The lowest BCUT2D eigenvalue weighted by Gasteiger charge is -2.35. The molecule has 5 heterocycles. The number of carbonyl (C=O) groups is 3. The van der Waals surface area contributed by atoms with Crippen LogP contribution in [0.1, 0.15) is 38.5 Å². The van der Waals surface area contributed by atoms with Gasteiger partial charge in [0.1, 0.15) is 10.3 Å². The van der Waals surface area contributed by atoms with Crippen molar-refractivity contribution in [2.45, 2.75) is 60.9 Å². The molecule has 3 amide bonds. The zero-order valence-corrected chi connectivity index (χ0v) is 25.5. The van der Waals surface area contributed by atoms with Gasteiger partial charge in [0.05, 0.1) is 16.9 Å². The summed E-state index contributed by atoms with van der Waals surface area (Å²) in [5.74, 6) is -0.497. The summed E-state index contributed by atoms with van der Waals surface area (Å²) in [5.41, 5.74) is 0. The Kier molecular flexibility index (Phi) is 9.17. The molecule has 0 aromatic carbocycles. The van der Waals surface area contributed by atoms with Crippen molar-refractivity contribution in [2.75, 3.05) is 39.8 Å². The number of carbonyl (C=O) groups excluding carboxylic acids is 3. The highest BCUT2D eigenvalue weighted by molar-refractivity contribution is 7.91. The summed E-state index contributed by atoms with van der Waals surface area (Å²) < 4.78 is 29.6. The van der Waals surface area contributed by atoms with Crippen LogP contribution < -0.4 is 10.0 Å². The van der Waals surface area contributed by atoms with Crippen LogP contribution in [-0.4, -0.2) is 98.7 Å². The number of halogens is 1. The minimum Gasteiger partial charge on any atom is -0.358 e. The number of likely N-dealkylation sites (tertiary alicyclic amines) is 3. The number of amides is 3. The third-order valence-electron chi connectivity index (χ3n) is 7.87. The van der Waals surface area contributed by atoms with Crippen molar-refractivity contribution in [2.24, 2.45) is 0 Å². The number of sulfonamides is 1. The highest BCUT2D eigenvalue weighted by Gasteiger charge is 2.38. The molecule has 2 N–H and O–H groups in total. The van der Waals surface area contributed by atoms with Crippen LogP contribution in [0.5, 0.6) is 0 Å². The monoisotopic (exact) mass is 627 g/mol. The van der Waals surface area contributed by atoms with E-state index in [-0.39, 0.29) is 40.6 Å². The second-order valence-electron chi connectivity index (χ2n) is 10.4. The molecular weight excluding hydrogens is 594 g/mol. The van der Waals surface area contributed by atoms with E-state index < -0.39 is 16.1 Å². The van der Waals surface area contributed by atoms with E-state index in [0.717, 1.165) is 53.3 Å². The molecule has 10 nitrogen and oxygen atoms in total. The average Bonchev–Trinajstić information content (AvgIpc) is 3.73. The van der Waals surface area contributed by atoms with Crippen LogP contribution >= 0.6 is 34.3 Å². The largest absolute Gasteiger partial charge is 0.358 e. The van der Waals surface area contributed by atoms with Crippen molar-refractivity contribution in [1.82, 2.24) is 24.7 Å². The molecule has 14 heteroatoms. The van der Waals surface area contributed by atoms with Gasteiger partial charge in [0, 0.05) is 42.5 Å². The van der Waals surface area contributed by atoms with Gasteiger partial charge in [0.25, 0.3) is 10.0 Å². The molecule has 0 aliphatic carbocycles. The van der Waals surface area contributed by atoms with E-state index >= 15 is 0 Å². The van der Waals surface area contributed by atoms with E-state index in [0.29, 0.717) is 36.8 Å². The zero-order chi connectivity index (χ0) is 28.4. The molecule has 0 radical (unpaired) electrons. The number of rotatable bonds is 9. The van der Waals surface area contributed by atoms with E-state index in [4.69, 9.17) is 11.6 Å². The minimum absolute atomic E-state index is 0.00167. The lowest BCUT2D eigenvalue weighted by molar-refractivity contribution is -0.143. The highest BCUT2D eigenvalue weighted by atomic mass is 35.5. The Morgan fingerprint density at radius 2 is 1.73 bits per heavy atom. The van der Waals surface area contributed by atoms with Gasteiger partial charge < -0.3 is 15.1 Å². The van der Waals surface area contributed by atoms with Crippen molar-refractivity contribution in [3.05, 3.63) is 28.6 Å². The summed E-state index contributed by atoms with van der Waals surface area (Å²) in [7, 11) is -2.27. The third-order valence-corrected chi connectivity index (χ3v) is 12.3. The van der Waals surface area contributed by atoms with Crippen LogP contribution in [-0.2, 0) is 24.4 Å². The quantitative estimate of drug-likeness (QED) is 0.441. The molecule has 3 saturated heterocycles. The first-order valence-corrected chi connectivity index (χ1v) is 17.1. The van der Waals surface area contributed by atoms with Gasteiger partial charge in [-0.05, 0) is 69.3 Å². The molecule has 5 rings (SSSR count). The van der Waals surface area contributed by atoms with Crippen molar-refractivity contribution in [3.63, 3.8) is 0 Å². The van der Waals surface area contributed by atoms with Crippen molar-refractivity contribution in [3.8, 4) is 9.75 Å². The maximum Gasteiger partial charge on any atom is 0.250 e. The van der Waals surface area contributed by atoms with E-state index in [1.807, 2.05) is 11.0 Å². The van der Waals surface area contributed by atoms with Gasteiger partial charge in [-0.3, -0.25) is 19.3 Å². The maximum atomic E-state index is 13.4. The fraction of sp³-hybridized carbons (Fsp3) is 0.577. The Balaban J connectivity index is 1.19. The summed E-state index contributed by atoms with van der Waals surface area (Å²) in [6, 6.07) is 5.80. The Morgan fingerprint density at radius 3 is 2.48 bits per heavy atom. The Hall–Kier alpha value is -2.03. The number of nitrogens with zero attached hydrogens (tertiary/aromatic N) is 3. The van der Waals surface area contributed by atoms with E-state index in [9.17, 15) is 22.8 Å². The summed E-state index contributed by atoms with van der Waals surface area (Å²) >= 11 is 8.52. The Morgan fingerprint density at radius 1 is 1.00 bits per heavy atom.